The summed E-state index contributed by atoms with van der Waals surface area (Å²) < 4.78 is 29.6. The molecule has 0 saturated carbocycles. The second kappa shape index (κ2) is 15.2. The van der Waals surface area contributed by atoms with E-state index in [1.807, 2.05) is 81.4 Å². The Morgan fingerprint density at radius 1 is 0.844 bits per heavy atom. The first-order valence-electron chi connectivity index (χ1n) is 15.0. The molecule has 0 fully saturated rings. The van der Waals surface area contributed by atoms with Crippen molar-refractivity contribution in [1.82, 2.24) is 10.2 Å². The van der Waals surface area contributed by atoms with Crippen LogP contribution in [0.15, 0.2) is 108 Å². The Kier molecular flexibility index (Phi) is 11.4. The highest BCUT2D eigenvalue weighted by atomic mass is 35.5. The summed E-state index contributed by atoms with van der Waals surface area (Å²) in [4.78, 5) is 30.0. The topological polar surface area (TPSA) is 86.8 Å². The first kappa shape index (κ1) is 33.7. The number of carbonyl (C=O) groups is 2. The van der Waals surface area contributed by atoms with Crippen LogP contribution < -0.4 is 9.62 Å². The van der Waals surface area contributed by atoms with Gasteiger partial charge in [-0.3, -0.25) is 13.9 Å². The first-order valence-corrected chi connectivity index (χ1v) is 16.8. The van der Waals surface area contributed by atoms with Gasteiger partial charge in [0.05, 0.1) is 10.6 Å². The fourth-order valence-corrected chi connectivity index (χ4v) is 6.61. The molecule has 2 amide bonds. The van der Waals surface area contributed by atoms with Gasteiger partial charge in [-0.1, -0.05) is 103 Å². The van der Waals surface area contributed by atoms with Crippen molar-refractivity contribution in [2.24, 2.45) is 0 Å². The number of nitrogens with one attached hydrogen (secondary N) is 1. The lowest BCUT2D eigenvalue weighted by atomic mass is 10.0. The van der Waals surface area contributed by atoms with Gasteiger partial charge in [0.2, 0.25) is 11.8 Å². The molecule has 0 unspecified atom stereocenters. The van der Waals surface area contributed by atoms with Crippen molar-refractivity contribution in [3.63, 3.8) is 0 Å². The molecular weight excluding hydrogens is 606 g/mol. The lowest BCUT2D eigenvalue weighted by molar-refractivity contribution is -0.140. The average Bonchev–Trinajstić information content (AvgIpc) is 3.03. The number of aryl methyl sites for hydroxylation is 2. The van der Waals surface area contributed by atoms with Gasteiger partial charge in [0, 0.05) is 24.0 Å². The number of anilines is 1. The second-order valence-electron chi connectivity index (χ2n) is 11.3. The average molecular weight is 646 g/mol. The van der Waals surface area contributed by atoms with Gasteiger partial charge in [-0.25, -0.2) is 8.42 Å². The molecule has 0 saturated heterocycles. The number of benzene rings is 4. The summed E-state index contributed by atoms with van der Waals surface area (Å²) in [6.07, 6.45) is 0.968. The minimum Gasteiger partial charge on any atom is -0.352 e. The van der Waals surface area contributed by atoms with Crippen LogP contribution >= 0.6 is 11.6 Å². The molecule has 0 aliphatic heterocycles. The fourth-order valence-electron chi connectivity index (χ4n) is 4.98. The van der Waals surface area contributed by atoms with Gasteiger partial charge in [0.15, 0.2) is 0 Å². The molecule has 4 rings (SSSR count). The maximum Gasteiger partial charge on any atom is 0.264 e. The zero-order chi connectivity index (χ0) is 32.6. The van der Waals surface area contributed by atoms with Gasteiger partial charge in [0.25, 0.3) is 10.0 Å². The van der Waals surface area contributed by atoms with Crippen molar-refractivity contribution >= 4 is 39.1 Å². The summed E-state index contributed by atoms with van der Waals surface area (Å²) in [7, 11) is -4.21. The van der Waals surface area contributed by atoms with E-state index in [0.717, 1.165) is 21.0 Å². The van der Waals surface area contributed by atoms with E-state index in [1.54, 1.807) is 37.3 Å². The molecule has 0 aromatic heterocycles. The predicted molar refractivity (Wildman–Crippen MR) is 181 cm³/mol. The Labute approximate surface area is 271 Å². The molecule has 0 aliphatic rings. The number of carbonyl (C=O) groups excluding carboxylic acids is 2. The van der Waals surface area contributed by atoms with Crippen molar-refractivity contribution in [3.05, 3.63) is 130 Å². The Morgan fingerprint density at radius 3 is 2.04 bits per heavy atom. The lowest BCUT2D eigenvalue weighted by Crippen LogP contribution is -2.54. The van der Waals surface area contributed by atoms with Crippen LogP contribution in [-0.4, -0.2) is 43.8 Å². The van der Waals surface area contributed by atoms with Crippen molar-refractivity contribution < 1.29 is 18.0 Å². The van der Waals surface area contributed by atoms with E-state index in [1.165, 1.54) is 17.0 Å². The highest BCUT2D eigenvalue weighted by Gasteiger charge is 2.35. The van der Waals surface area contributed by atoms with E-state index in [0.29, 0.717) is 22.7 Å². The summed E-state index contributed by atoms with van der Waals surface area (Å²) in [6.45, 7) is 7.11. The summed E-state index contributed by atoms with van der Waals surface area (Å²) in [6, 6.07) is 29.3. The molecule has 0 radical (unpaired) electrons. The van der Waals surface area contributed by atoms with Gasteiger partial charge in [-0.2, -0.15) is 0 Å². The molecule has 0 heterocycles. The van der Waals surface area contributed by atoms with Gasteiger partial charge in [-0.15, -0.1) is 0 Å². The monoisotopic (exact) mass is 645 g/mol. The summed E-state index contributed by atoms with van der Waals surface area (Å²) in [5.74, 6) is -0.821. The molecule has 2 atom stereocenters. The van der Waals surface area contributed by atoms with Crippen LogP contribution in [0.25, 0.3) is 0 Å². The Hall–Kier alpha value is -4.14. The Balaban J connectivity index is 1.82. The fraction of sp³-hybridized carbons (Fsp3) is 0.278. The van der Waals surface area contributed by atoms with Crippen molar-refractivity contribution in [1.29, 1.82) is 0 Å². The molecule has 4 aromatic carbocycles. The molecule has 0 bridgehead atoms. The molecule has 0 spiro atoms. The SMILES string of the molecule is CC[C@H](C)NC(=O)[C@H](Cc1ccccc1)N(Cc1ccccc1)C(=O)CN(c1cc(Cl)ccc1C)S(=O)(=O)c1ccc(C)cc1. The first-order chi connectivity index (χ1) is 21.5. The largest absolute Gasteiger partial charge is 0.352 e. The van der Waals surface area contributed by atoms with E-state index in [9.17, 15) is 18.0 Å². The molecule has 45 heavy (non-hydrogen) atoms. The van der Waals surface area contributed by atoms with Crippen LogP contribution in [0.4, 0.5) is 5.69 Å². The molecule has 0 aliphatic carbocycles. The molecular formula is C36H40ClN3O4S. The summed E-state index contributed by atoms with van der Waals surface area (Å²) >= 11 is 6.36. The number of hydrogen-bond donors (Lipinski definition) is 1. The van der Waals surface area contributed by atoms with Crippen LogP contribution in [-0.2, 0) is 32.6 Å². The maximum atomic E-state index is 14.6. The smallest absolute Gasteiger partial charge is 0.264 e. The predicted octanol–water partition coefficient (Wildman–Crippen LogP) is 6.71. The standard InChI is InChI=1S/C36H40ClN3O4S/c1-5-28(4)38-36(42)34(22-29-12-8-6-9-13-29)39(24-30-14-10-7-11-15-30)35(41)25-40(33-23-31(37)19-18-27(33)3)45(43,44)32-20-16-26(2)17-21-32/h6-21,23,28,34H,5,22,24-25H2,1-4H3,(H,38,42)/t28-,34-/m0/s1. The van der Waals surface area contributed by atoms with Gasteiger partial charge in [0.1, 0.15) is 12.6 Å². The molecule has 4 aromatic rings. The number of amides is 2. The van der Waals surface area contributed by atoms with E-state index in [2.05, 4.69) is 5.32 Å². The molecule has 9 heteroatoms. The van der Waals surface area contributed by atoms with E-state index in [-0.39, 0.29) is 29.8 Å². The second-order valence-corrected chi connectivity index (χ2v) is 13.6. The third-order valence-electron chi connectivity index (χ3n) is 7.80. The number of halogens is 1. The van der Waals surface area contributed by atoms with Crippen LogP contribution in [0.3, 0.4) is 0 Å². The van der Waals surface area contributed by atoms with E-state index < -0.39 is 28.5 Å². The van der Waals surface area contributed by atoms with Crippen LogP contribution in [0.1, 0.15) is 42.5 Å². The number of hydrogen-bond acceptors (Lipinski definition) is 4. The Bertz CT molecular complexity index is 1700. The van der Waals surface area contributed by atoms with E-state index >= 15 is 0 Å². The minimum atomic E-state index is -4.21. The lowest BCUT2D eigenvalue weighted by Gasteiger charge is -2.34. The third kappa shape index (κ3) is 8.74. The number of rotatable bonds is 13. The van der Waals surface area contributed by atoms with Crippen molar-refractivity contribution in [2.75, 3.05) is 10.8 Å². The van der Waals surface area contributed by atoms with Crippen molar-refractivity contribution in [2.45, 2.75) is 64.1 Å². The normalized spacial score (nSPS) is 12.6. The van der Waals surface area contributed by atoms with Crippen LogP contribution in [0.2, 0.25) is 5.02 Å². The minimum absolute atomic E-state index is 0.0465. The number of sulfonamides is 1. The van der Waals surface area contributed by atoms with Gasteiger partial charge < -0.3 is 10.2 Å². The summed E-state index contributed by atoms with van der Waals surface area (Å²) in [5.41, 5.74) is 3.52. The van der Waals surface area contributed by atoms with Gasteiger partial charge in [-0.05, 0) is 68.1 Å². The third-order valence-corrected chi connectivity index (χ3v) is 9.80. The molecule has 236 valence electrons. The van der Waals surface area contributed by atoms with E-state index in [4.69, 9.17) is 11.6 Å². The van der Waals surface area contributed by atoms with Crippen LogP contribution in [0, 0.1) is 13.8 Å². The van der Waals surface area contributed by atoms with Crippen LogP contribution in [0.5, 0.6) is 0 Å². The van der Waals surface area contributed by atoms with Gasteiger partial charge >= 0.3 is 0 Å². The zero-order valence-corrected chi connectivity index (χ0v) is 27.7. The number of nitrogens with zero attached hydrogens (tertiary/aromatic N) is 2. The van der Waals surface area contributed by atoms with Crippen molar-refractivity contribution in [3.8, 4) is 0 Å². The Morgan fingerprint density at radius 2 is 1.44 bits per heavy atom. The highest BCUT2D eigenvalue weighted by Crippen LogP contribution is 2.30. The maximum absolute atomic E-state index is 14.6. The zero-order valence-electron chi connectivity index (χ0n) is 26.1. The molecule has 7 nitrogen and oxygen atoms in total. The molecule has 1 N–H and O–H groups in total. The highest BCUT2D eigenvalue weighted by molar-refractivity contribution is 7.92. The quantitative estimate of drug-likeness (QED) is 0.175. The summed E-state index contributed by atoms with van der Waals surface area (Å²) in [5, 5.41) is 3.39.